The summed E-state index contributed by atoms with van der Waals surface area (Å²) in [5.74, 6) is 2.42. The van der Waals surface area contributed by atoms with Crippen LogP contribution in [-0.2, 0) is 14.8 Å². The summed E-state index contributed by atoms with van der Waals surface area (Å²) in [4.78, 5) is 13.1. The third-order valence-corrected chi connectivity index (χ3v) is 9.74. The van der Waals surface area contributed by atoms with Crippen LogP contribution >= 0.6 is 0 Å². The standard InChI is InChI=1S/C24H34N2O4S/c1-16(24-12-17-9-18(13-24)11-19(10-17)14-24)26-23(27)20-4-6-22(7-5-20)31(28,29)25-15-21-3-2-8-30-21/h4-7,16-19,21,25H,2-3,8-15H2,1H3,(H,26,27)/t16-,17?,18?,19?,21-,24?/m1/s1. The lowest BCUT2D eigenvalue weighted by Crippen LogP contribution is -2.55. The zero-order chi connectivity index (χ0) is 21.6. The molecule has 1 saturated heterocycles. The van der Waals surface area contributed by atoms with Gasteiger partial charge in [0.05, 0.1) is 11.0 Å². The highest BCUT2D eigenvalue weighted by Gasteiger charge is 2.53. The van der Waals surface area contributed by atoms with Crippen molar-refractivity contribution in [2.75, 3.05) is 13.2 Å². The molecule has 1 amide bonds. The van der Waals surface area contributed by atoms with Crippen molar-refractivity contribution in [3.05, 3.63) is 29.8 Å². The molecule has 31 heavy (non-hydrogen) atoms. The third kappa shape index (κ3) is 4.29. The van der Waals surface area contributed by atoms with Gasteiger partial charge in [-0.1, -0.05) is 0 Å². The van der Waals surface area contributed by atoms with E-state index in [2.05, 4.69) is 17.0 Å². The smallest absolute Gasteiger partial charge is 0.251 e. The van der Waals surface area contributed by atoms with Crippen LogP contribution in [0.3, 0.4) is 0 Å². The lowest BCUT2D eigenvalue weighted by molar-refractivity contribution is -0.0688. The van der Waals surface area contributed by atoms with E-state index in [1.165, 1.54) is 50.7 Å². The van der Waals surface area contributed by atoms with Gasteiger partial charge in [-0.2, -0.15) is 0 Å². The monoisotopic (exact) mass is 446 g/mol. The summed E-state index contributed by atoms with van der Waals surface area (Å²) in [5, 5.41) is 3.25. The fraction of sp³-hybridized carbons (Fsp3) is 0.708. The number of amides is 1. The van der Waals surface area contributed by atoms with E-state index in [1.807, 2.05) is 0 Å². The van der Waals surface area contributed by atoms with Crippen LogP contribution in [0.15, 0.2) is 29.2 Å². The maximum atomic E-state index is 12.9. The molecule has 0 radical (unpaired) electrons. The van der Waals surface area contributed by atoms with Crippen LogP contribution in [0.25, 0.3) is 0 Å². The highest BCUT2D eigenvalue weighted by atomic mass is 32.2. The van der Waals surface area contributed by atoms with E-state index < -0.39 is 10.0 Å². The highest BCUT2D eigenvalue weighted by Crippen LogP contribution is 2.61. The molecule has 1 heterocycles. The Morgan fingerprint density at radius 1 is 1.10 bits per heavy atom. The molecule has 0 unspecified atom stereocenters. The first-order valence-electron chi connectivity index (χ1n) is 11.9. The fourth-order valence-electron chi connectivity index (χ4n) is 7.02. The highest BCUT2D eigenvalue weighted by molar-refractivity contribution is 7.89. The summed E-state index contributed by atoms with van der Waals surface area (Å²) in [6, 6.07) is 6.40. The van der Waals surface area contributed by atoms with Crippen LogP contribution in [0.5, 0.6) is 0 Å². The second-order valence-corrected chi connectivity index (χ2v) is 12.3. The molecule has 0 aromatic heterocycles. The Morgan fingerprint density at radius 2 is 1.71 bits per heavy atom. The maximum absolute atomic E-state index is 12.9. The van der Waals surface area contributed by atoms with Crippen molar-refractivity contribution in [1.82, 2.24) is 10.0 Å². The van der Waals surface area contributed by atoms with Crippen LogP contribution in [0, 0.1) is 23.2 Å². The second kappa shape index (κ2) is 8.16. The molecule has 0 spiro atoms. The van der Waals surface area contributed by atoms with Gasteiger partial charge in [0.2, 0.25) is 10.0 Å². The summed E-state index contributed by atoms with van der Waals surface area (Å²) in [5.41, 5.74) is 0.759. The zero-order valence-corrected chi connectivity index (χ0v) is 19.1. The minimum Gasteiger partial charge on any atom is -0.377 e. The Bertz CT molecular complexity index is 886. The molecular weight excluding hydrogens is 412 g/mol. The largest absolute Gasteiger partial charge is 0.377 e. The number of benzene rings is 1. The van der Waals surface area contributed by atoms with E-state index >= 15 is 0 Å². The first kappa shape index (κ1) is 21.4. The van der Waals surface area contributed by atoms with Crippen molar-refractivity contribution in [3.8, 4) is 0 Å². The number of nitrogens with one attached hydrogen (secondary N) is 2. The summed E-state index contributed by atoms with van der Waals surface area (Å²) in [6.07, 6.45) is 9.69. The number of sulfonamides is 1. The Morgan fingerprint density at radius 3 is 2.26 bits per heavy atom. The van der Waals surface area contributed by atoms with Gasteiger partial charge in [-0.15, -0.1) is 0 Å². The van der Waals surface area contributed by atoms with Crippen molar-refractivity contribution in [2.45, 2.75) is 75.3 Å². The first-order valence-corrected chi connectivity index (χ1v) is 13.3. The predicted octanol–water partition coefficient (Wildman–Crippen LogP) is 3.48. The van der Waals surface area contributed by atoms with E-state index in [4.69, 9.17) is 4.74 Å². The van der Waals surface area contributed by atoms with Gasteiger partial charge >= 0.3 is 0 Å². The Kier molecular flexibility index (Phi) is 5.64. The second-order valence-electron chi connectivity index (χ2n) is 10.5. The molecule has 1 aromatic rings. The SMILES string of the molecule is C[C@@H](NC(=O)c1ccc(S(=O)(=O)NC[C@H]2CCCO2)cc1)C12CC3CC(CC(C3)C1)C2. The third-order valence-electron chi connectivity index (χ3n) is 8.30. The number of carbonyl (C=O) groups excluding carboxylic acids is 1. The van der Waals surface area contributed by atoms with Crippen LogP contribution in [-0.4, -0.2) is 39.6 Å². The topological polar surface area (TPSA) is 84.5 Å². The van der Waals surface area contributed by atoms with Gasteiger partial charge in [-0.25, -0.2) is 13.1 Å². The average molecular weight is 447 g/mol. The van der Waals surface area contributed by atoms with Gasteiger partial charge in [0, 0.05) is 24.8 Å². The number of carbonyl (C=O) groups is 1. The molecule has 6 rings (SSSR count). The molecule has 4 aliphatic carbocycles. The molecule has 5 aliphatic rings. The average Bonchev–Trinajstić information content (AvgIpc) is 3.25. The number of hydrogen-bond donors (Lipinski definition) is 2. The van der Waals surface area contributed by atoms with Crippen LogP contribution in [0.2, 0.25) is 0 Å². The van der Waals surface area contributed by atoms with Gasteiger partial charge in [0.1, 0.15) is 0 Å². The van der Waals surface area contributed by atoms with Crippen LogP contribution in [0.1, 0.15) is 68.6 Å². The maximum Gasteiger partial charge on any atom is 0.251 e. The Hall–Kier alpha value is -1.44. The van der Waals surface area contributed by atoms with Gasteiger partial charge in [0.25, 0.3) is 5.91 Å². The van der Waals surface area contributed by atoms with Crippen LogP contribution in [0.4, 0.5) is 0 Å². The molecule has 2 atom stereocenters. The minimum absolute atomic E-state index is 0.0501. The molecule has 7 heteroatoms. The van der Waals surface area contributed by atoms with Gasteiger partial charge < -0.3 is 10.1 Å². The van der Waals surface area contributed by atoms with E-state index in [0.717, 1.165) is 30.6 Å². The van der Waals surface area contributed by atoms with Crippen molar-refractivity contribution in [3.63, 3.8) is 0 Å². The molecule has 4 bridgehead atoms. The molecule has 1 aromatic carbocycles. The number of hydrogen-bond acceptors (Lipinski definition) is 4. The van der Waals surface area contributed by atoms with Crippen LogP contribution < -0.4 is 10.0 Å². The molecular formula is C24H34N2O4S. The Balaban J connectivity index is 1.21. The van der Waals surface area contributed by atoms with Crippen molar-refractivity contribution >= 4 is 15.9 Å². The summed E-state index contributed by atoms with van der Waals surface area (Å²) in [7, 11) is -3.61. The van der Waals surface area contributed by atoms with E-state index in [1.54, 1.807) is 12.1 Å². The number of ether oxygens (including phenoxy) is 1. The molecule has 4 saturated carbocycles. The predicted molar refractivity (Wildman–Crippen MR) is 118 cm³/mol. The Labute approximate surface area is 185 Å². The quantitative estimate of drug-likeness (QED) is 0.672. The first-order chi connectivity index (χ1) is 14.8. The summed E-state index contributed by atoms with van der Waals surface area (Å²) >= 11 is 0. The van der Waals surface area contributed by atoms with Gasteiger partial charge in [-0.3, -0.25) is 4.79 Å². The van der Waals surface area contributed by atoms with Gasteiger partial charge in [0.15, 0.2) is 0 Å². The lowest BCUT2D eigenvalue weighted by atomic mass is 9.48. The van der Waals surface area contributed by atoms with Crippen molar-refractivity contribution in [1.29, 1.82) is 0 Å². The fourth-order valence-corrected chi connectivity index (χ4v) is 8.08. The molecule has 6 nitrogen and oxygen atoms in total. The number of rotatable bonds is 7. The van der Waals surface area contributed by atoms with Gasteiger partial charge in [-0.05, 0) is 106 Å². The zero-order valence-electron chi connectivity index (χ0n) is 18.3. The van der Waals surface area contributed by atoms with E-state index in [0.29, 0.717) is 12.2 Å². The summed E-state index contributed by atoms with van der Waals surface area (Å²) < 4.78 is 33.2. The van der Waals surface area contributed by atoms with E-state index in [-0.39, 0.29) is 34.9 Å². The molecule has 170 valence electrons. The van der Waals surface area contributed by atoms with Crippen molar-refractivity contribution in [2.24, 2.45) is 23.2 Å². The lowest BCUT2D eigenvalue weighted by Gasteiger charge is -2.59. The molecule has 1 aliphatic heterocycles. The summed E-state index contributed by atoms with van der Waals surface area (Å²) in [6.45, 7) is 3.14. The normalized spacial score (nSPS) is 35.3. The van der Waals surface area contributed by atoms with E-state index in [9.17, 15) is 13.2 Å². The minimum atomic E-state index is -3.61. The van der Waals surface area contributed by atoms with Crippen molar-refractivity contribution < 1.29 is 17.9 Å². The molecule has 2 N–H and O–H groups in total. The molecule has 5 fully saturated rings.